The van der Waals surface area contributed by atoms with Crippen LogP contribution in [0.3, 0.4) is 0 Å². The van der Waals surface area contributed by atoms with Crippen LogP contribution in [0.5, 0.6) is 0 Å². The zero-order chi connectivity index (χ0) is 14.2. The second-order valence-electron chi connectivity index (χ2n) is 5.14. The first-order valence-corrected chi connectivity index (χ1v) is 7.06. The van der Waals surface area contributed by atoms with Gasteiger partial charge in [-0.25, -0.2) is 14.1 Å². The first kappa shape index (κ1) is 13.4. The summed E-state index contributed by atoms with van der Waals surface area (Å²) < 4.78 is 23.2. The van der Waals surface area contributed by atoms with E-state index in [0.717, 1.165) is 24.1 Å². The number of anilines is 1. The van der Waals surface area contributed by atoms with E-state index in [1.54, 1.807) is 4.52 Å². The molecule has 2 aromatic heterocycles. The zero-order valence-corrected chi connectivity index (χ0v) is 11.9. The lowest BCUT2D eigenvalue weighted by Crippen LogP contribution is -2.28. The van der Waals surface area contributed by atoms with Gasteiger partial charge in [-0.3, -0.25) is 4.52 Å². The average Bonchev–Trinajstić information content (AvgIpc) is 3.02. The fourth-order valence-corrected chi connectivity index (χ4v) is 2.92. The Balaban J connectivity index is 1.86. The van der Waals surface area contributed by atoms with Gasteiger partial charge in [-0.15, -0.1) is 0 Å². The van der Waals surface area contributed by atoms with Crippen LogP contribution in [-0.2, 0) is 13.8 Å². The third kappa shape index (κ3) is 2.28. The molecular weight excluding hydrogens is 279 g/mol. The SMILES string of the molecule is C[C@@]1(COP=O)CC[C@H](c2ccc3c(N)ncnn23)O1. The van der Waals surface area contributed by atoms with Gasteiger partial charge < -0.3 is 10.5 Å². The second-order valence-corrected chi connectivity index (χ2v) is 5.55. The van der Waals surface area contributed by atoms with E-state index in [4.69, 9.17) is 15.0 Å². The van der Waals surface area contributed by atoms with Crippen molar-refractivity contribution in [3.8, 4) is 0 Å². The fourth-order valence-electron chi connectivity index (χ4n) is 2.59. The molecule has 1 aliphatic heterocycles. The van der Waals surface area contributed by atoms with Crippen molar-refractivity contribution in [1.82, 2.24) is 14.6 Å². The van der Waals surface area contributed by atoms with Crippen molar-refractivity contribution in [3.05, 3.63) is 24.2 Å². The van der Waals surface area contributed by atoms with Gasteiger partial charge in [0, 0.05) is 0 Å². The van der Waals surface area contributed by atoms with Gasteiger partial charge in [-0.2, -0.15) is 5.10 Å². The lowest BCUT2D eigenvalue weighted by atomic mass is 10.0. The normalized spacial score (nSPS) is 26.6. The number of nitrogens with two attached hydrogens (primary N) is 1. The molecule has 0 unspecified atom stereocenters. The molecule has 7 nitrogen and oxygen atoms in total. The largest absolute Gasteiger partial charge is 0.382 e. The van der Waals surface area contributed by atoms with Gasteiger partial charge in [0.25, 0.3) is 0 Å². The van der Waals surface area contributed by atoms with E-state index in [2.05, 4.69) is 10.1 Å². The fraction of sp³-hybridized carbons (Fsp3) is 0.500. The summed E-state index contributed by atoms with van der Waals surface area (Å²) in [6, 6.07) is 3.83. The van der Waals surface area contributed by atoms with Crippen LogP contribution in [0, 0.1) is 0 Å². The number of hydrogen-bond donors (Lipinski definition) is 1. The lowest BCUT2D eigenvalue weighted by molar-refractivity contribution is -0.0553. The molecule has 8 heteroatoms. The molecule has 20 heavy (non-hydrogen) atoms. The summed E-state index contributed by atoms with van der Waals surface area (Å²) in [5, 5.41) is 4.22. The van der Waals surface area contributed by atoms with Crippen molar-refractivity contribution in [1.29, 1.82) is 0 Å². The molecule has 0 aliphatic carbocycles. The van der Waals surface area contributed by atoms with Gasteiger partial charge in [0.2, 0.25) is 0 Å². The van der Waals surface area contributed by atoms with Crippen molar-refractivity contribution in [2.75, 3.05) is 12.3 Å². The van der Waals surface area contributed by atoms with Crippen LogP contribution in [-0.4, -0.2) is 26.8 Å². The average molecular weight is 294 g/mol. The Kier molecular flexibility index (Phi) is 3.41. The van der Waals surface area contributed by atoms with Gasteiger partial charge >= 0.3 is 8.69 Å². The number of rotatable bonds is 4. The third-order valence-corrected chi connectivity index (χ3v) is 3.86. The first-order chi connectivity index (χ1) is 9.63. The summed E-state index contributed by atoms with van der Waals surface area (Å²) in [5.41, 5.74) is 7.11. The maximum Gasteiger partial charge on any atom is 0.327 e. The standard InChI is InChI=1S/C12H15N4O3P/c1-12(6-18-20-17)5-4-10(19-12)8-2-3-9-11(13)14-7-15-16(8)9/h2-3,7,10H,4-6H2,1H3,(H2,13,14,15)/t10-,12+/m1/s1. The van der Waals surface area contributed by atoms with Crippen molar-refractivity contribution in [2.24, 2.45) is 0 Å². The lowest BCUT2D eigenvalue weighted by Gasteiger charge is -2.22. The van der Waals surface area contributed by atoms with Gasteiger partial charge in [0.05, 0.1) is 17.9 Å². The molecule has 0 aromatic carbocycles. The van der Waals surface area contributed by atoms with Crippen molar-refractivity contribution in [3.63, 3.8) is 0 Å². The van der Waals surface area contributed by atoms with E-state index >= 15 is 0 Å². The summed E-state index contributed by atoms with van der Waals surface area (Å²) in [4.78, 5) is 3.97. The Bertz CT molecular complexity index is 647. The molecule has 0 radical (unpaired) electrons. The molecule has 106 valence electrons. The van der Waals surface area contributed by atoms with Crippen LogP contribution >= 0.6 is 8.69 Å². The van der Waals surface area contributed by atoms with Gasteiger partial charge in [0.15, 0.2) is 5.82 Å². The van der Waals surface area contributed by atoms with E-state index < -0.39 is 5.60 Å². The molecule has 2 N–H and O–H groups in total. The molecule has 1 saturated heterocycles. The minimum absolute atomic E-state index is 0.0799. The van der Waals surface area contributed by atoms with Crippen LogP contribution in [0.1, 0.15) is 31.6 Å². The highest BCUT2D eigenvalue weighted by molar-refractivity contribution is 7.17. The van der Waals surface area contributed by atoms with Crippen molar-refractivity contribution >= 4 is 20.0 Å². The number of hydrogen-bond acceptors (Lipinski definition) is 6. The molecule has 3 rings (SSSR count). The summed E-state index contributed by atoms with van der Waals surface area (Å²) in [5.74, 6) is 0.445. The minimum Gasteiger partial charge on any atom is -0.382 e. The molecule has 0 spiro atoms. The van der Waals surface area contributed by atoms with Crippen LogP contribution in [0.25, 0.3) is 5.52 Å². The molecule has 0 saturated carbocycles. The van der Waals surface area contributed by atoms with Crippen LogP contribution in [0.2, 0.25) is 0 Å². The Labute approximate surface area is 117 Å². The number of nitrogen functional groups attached to an aromatic ring is 1. The second kappa shape index (κ2) is 5.09. The highest BCUT2D eigenvalue weighted by atomic mass is 31.1. The van der Waals surface area contributed by atoms with Crippen LogP contribution in [0.15, 0.2) is 18.5 Å². The molecule has 3 heterocycles. The predicted molar refractivity (Wildman–Crippen MR) is 72.4 cm³/mol. The van der Waals surface area contributed by atoms with Gasteiger partial charge in [-0.05, 0) is 31.9 Å². The Hall–Kier alpha value is -1.56. The smallest absolute Gasteiger partial charge is 0.327 e. The first-order valence-electron chi connectivity index (χ1n) is 6.33. The summed E-state index contributed by atoms with van der Waals surface area (Å²) in [6.07, 6.45) is 3.04. The van der Waals surface area contributed by atoms with E-state index in [0.29, 0.717) is 12.4 Å². The van der Waals surface area contributed by atoms with Crippen molar-refractivity contribution in [2.45, 2.75) is 31.5 Å². The van der Waals surface area contributed by atoms with E-state index in [9.17, 15) is 4.57 Å². The van der Waals surface area contributed by atoms with Crippen LogP contribution in [0.4, 0.5) is 5.82 Å². The van der Waals surface area contributed by atoms with E-state index in [1.165, 1.54) is 6.33 Å². The maximum atomic E-state index is 10.4. The molecule has 1 fully saturated rings. The van der Waals surface area contributed by atoms with Crippen LogP contribution < -0.4 is 5.73 Å². The summed E-state index contributed by atoms with van der Waals surface area (Å²) in [7, 11) is -0.321. The quantitative estimate of drug-likeness (QED) is 0.869. The van der Waals surface area contributed by atoms with Gasteiger partial charge in [-0.1, -0.05) is 0 Å². The zero-order valence-electron chi connectivity index (χ0n) is 11.0. The Morgan fingerprint density at radius 2 is 2.50 bits per heavy atom. The molecule has 2 aromatic rings. The van der Waals surface area contributed by atoms with E-state index in [1.807, 2.05) is 19.1 Å². The number of nitrogens with zero attached hydrogens (tertiary/aromatic N) is 3. The molecule has 1 aliphatic rings. The topological polar surface area (TPSA) is 91.7 Å². The highest BCUT2D eigenvalue weighted by Gasteiger charge is 2.38. The summed E-state index contributed by atoms with van der Waals surface area (Å²) in [6.45, 7) is 2.26. The summed E-state index contributed by atoms with van der Waals surface area (Å²) >= 11 is 0. The number of fused-ring (bicyclic) bond motifs is 1. The molecule has 2 atom stereocenters. The molecule has 0 bridgehead atoms. The number of aromatic nitrogens is 3. The minimum atomic E-state index is -0.426. The third-order valence-electron chi connectivity index (χ3n) is 3.63. The highest BCUT2D eigenvalue weighted by Crippen LogP contribution is 2.40. The number of ether oxygens (including phenoxy) is 1. The van der Waals surface area contributed by atoms with E-state index in [-0.39, 0.29) is 14.8 Å². The van der Waals surface area contributed by atoms with Gasteiger partial charge in [0.1, 0.15) is 17.9 Å². The monoisotopic (exact) mass is 294 g/mol. The molecule has 0 amide bonds. The Morgan fingerprint density at radius 3 is 3.30 bits per heavy atom. The maximum absolute atomic E-state index is 10.4. The predicted octanol–water partition coefficient (Wildman–Crippen LogP) is 2.14. The Morgan fingerprint density at radius 1 is 1.65 bits per heavy atom. The molecular formula is C12H15N4O3P. The van der Waals surface area contributed by atoms with Crippen molar-refractivity contribution < 1.29 is 13.8 Å².